The zero-order chi connectivity index (χ0) is 15.9. The Labute approximate surface area is 133 Å². The second kappa shape index (κ2) is 7.47. The number of anilines is 1. The molecule has 2 aromatic rings. The minimum atomic E-state index is -0.762. The summed E-state index contributed by atoms with van der Waals surface area (Å²) in [5.74, 6) is -0.760. The second-order valence-electron chi connectivity index (χ2n) is 4.46. The van der Waals surface area contributed by atoms with Gasteiger partial charge in [-0.1, -0.05) is 35.9 Å². The Hall–Kier alpha value is -2.53. The van der Waals surface area contributed by atoms with Gasteiger partial charge in [-0.3, -0.25) is 9.59 Å². The molecule has 0 bridgehead atoms. The van der Waals surface area contributed by atoms with Crippen LogP contribution in [0.25, 0.3) is 0 Å². The molecular formula is C16H15ClN2O3. The van der Waals surface area contributed by atoms with Crippen molar-refractivity contribution in [3.8, 4) is 5.75 Å². The quantitative estimate of drug-likeness (QED) is 0.852. The Bertz CT molecular complexity index is 671. The minimum Gasteiger partial charge on any atom is -0.497 e. The van der Waals surface area contributed by atoms with Gasteiger partial charge in [0.05, 0.1) is 17.8 Å². The highest BCUT2D eigenvalue weighted by molar-refractivity contribution is 6.41. The van der Waals surface area contributed by atoms with Gasteiger partial charge in [0.25, 0.3) is 0 Å². The summed E-state index contributed by atoms with van der Waals surface area (Å²) in [6.45, 7) is 0.249. The SMILES string of the molecule is COc1ccc(CNC(=O)C(=O)Nc2ccccc2Cl)cc1. The third-order valence-corrected chi connectivity index (χ3v) is 3.27. The van der Waals surface area contributed by atoms with Gasteiger partial charge in [0.1, 0.15) is 5.75 Å². The predicted octanol–water partition coefficient (Wildman–Crippen LogP) is 2.60. The van der Waals surface area contributed by atoms with E-state index in [2.05, 4.69) is 10.6 Å². The molecule has 0 fully saturated rings. The second-order valence-corrected chi connectivity index (χ2v) is 4.87. The van der Waals surface area contributed by atoms with Crippen molar-refractivity contribution in [3.05, 3.63) is 59.1 Å². The van der Waals surface area contributed by atoms with Crippen LogP contribution in [-0.2, 0) is 16.1 Å². The van der Waals surface area contributed by atoms with Crippen molar-refractivity contribution in [3.63, 3.8) is 0 Å². The number of carbonyl (C=O) groups excluding carboxylic acids is 2. The molecule has 2 aromatic carbocycles. The zero-order valence-corrected chi connectivity index (χ0v) is 12.7. The van der Waals surface area contributed by atoms with Crippen molar-refractivity contribution in [2.75, 3.05) is 12.4 Å². The lowest BCUT2D eigenvalue weighted by molar-refractivity contribution is -0.136. The van der Waals surface area contributed by atoms with Gasteiger partial charge < -0.3 is 15.4 Å². The molecule has 2 N–H and O–H groups in total. The van der Waals surface area contributed by atoms with Crippen LogP contribution in [0.3, 0.4) is 0 Å². The van der Waals surface area contributed by atoms with Crippen LogP contribution >= 0.6 is 11.6 Å². The molecule has 2 rings (SSSR count). The Morgan fingerprint density at radius 3 is 2.36 bits per heavy atom. The van der Waals surface area contributed by atoms with Crippen molar-refractivity contribution in [2.45, 2.75) is 6.54 Å². The standard InChI is InChI=1S/C16H15ClN2O3/c1-22-12-8-6-11(7-9-12)10-18-15(20)16(21)19-14-5-3-2-4-13(14)17/h2-9H,10H2,1H3,(H,18,20)(H,19,21). The van der Waals surface area contributed by atoms with E-state index in [-0.39, 0.29) is 6.54 Å². The number of amides is 2. The van der Waals surface area contributed by atoms with E-state index in [4.69, 9.17) is 16.3 Å². The van der Waals surface area contributed by atoms with Crippen molar-refractivity contribution >= 4 is 29.1 Å². The van der Waals surface area contributed by atoms with E-state index in [1.165, 1.54) is 0 Å². The molecule has 0 unspecified atom stereocenters. The maximum absolute atomic E-state index is 11.8. The van der Waals surface area contributed by atoms with Crippen molar-refractivity contribution in [1.29, 1.82) is 0 Å². The van der Waals surface area contributed by atoms with Gasteiger partial charge in [-0.2, -0.15) is 0 Å². The number of hydrogen-bond donors (Lipinski definition) is 2. The van der Waals surface area contributed by atoms with E-state index in [0.717, 1.165) is 11.3 Å². The molecular weight excluding hydrogens is 304 g/mol. The molecule has 0 aliphatic carbocycles. The third kappa shape index (κ3) is 4.23. The van der Waals surface area contributed by atoms with Crippen LogP contribution in [0.15, 0.2) is 48.5 Å². The van der Waals surface area contributed by atoms with Gasteiger partial charge in [-0.05, 0) is 29.8 Å². The Balaban J connectivity index is 1.88. The number of benzene rings is 2. The summed E-state index contributed by atoms with van der Waals surface area (Å²) in [4.78, 5) is 23.5. The van der Waals surface area contributed by atoms with Gasteiger partial charge in [0.15, 0.2) is 0 Å². The molecule has 22 heavy (non-hydrogen) atoms. The number of carbonyl (C=O) groups is 2. The third-order valence-electron chi connectivity index (χ3n) is 2.94. The predicted molar refractivity (Wildman–Crippen MR) is 84.9 cm³/mol. The molecule has 0 aliphatic heterocycles. The monoisotopic (exact) mass is 318 g/mol. The lowest BCUT2D eigenvalue weighted by Crippen LogP contribution is -2.35. The van der Waals surface area contributed by atoms with Crippen molar-refractivity contribution < 1.29 is 14.3 Å². The molecule has 0 atom stereocenters. The van der Waals surface area contributed by atoms with Crippen LogP contribution in [0.1, 0.15) is 5.56 Å². The van der Waals surface area contributed by atoms with E-state index in [1.54, 1.807) is 43.5 Å². The summed E-state index contributed by atoms with van der Waals surface area (Å²) in [7, 11) is 1.58. The van der Waals surface area contributed by atoms with Crippen LogP contribution in [0.2, 0.25) is 5.02 Å². The van der Waals surface area contributed by atoms with Gasteiger partial charge in [0.2, 0.25) is 0 Å². The number of halogens is 1. The normalized spacial score (nSPS) is 9.91. The largest absolute Gasteiger partial charge is 0.497 e. The highest BCUT2D eigenvalue weighted by atomic mass is 35.5. The van der Waals surface area contributed by atoms with Gasteiger partial charge >= 0.3 is 11.8 Å². The van der Waals surface area contributed by atoms with Gasteiger partial charge in [0, 0.05) is 6.54 Å². The fourth-order valence-corrected chi connectivity index (χ4v) is 1.93. The Morgan fingerprint density at radius 1 is 1.05 bits per heavy atom. The van der Waals surface area contributed by atoms with Crippen LogP contribution in [0.4, 0.5) is 5.69 Å². The number of para-hydroxylation sites is 1. The topological polar surface area (TPSA) is 67.4 Å². The first kappa shape index (κ1) is 15.9. The van der Waals surface area contributed by atoms with E-state index in [0.29, 0.717) is 10.7 Å². The summed E-state index contributed by atoms with van der Waals surface area (Å²) in [6.07, 6.45) is 0. The minimum absolute atomic E-state index is 0.249. The number of ether oxygens (including phenoxy) is 1. The van der Waals surface area contributed by atoms with Crippen molar-refractivity contribution in [2.24, 2.45) is 0 Å². The molecule has 6 heteroatoms. The van der Waals surface area contributed by atoms with E-state index < -0.39 is 11.8 Å². The average molecular weight is 319 g/mol. The first-order valence-electron chi connectivity index (χ1n) is 6.57. The molecule has 0 heterocycles. The molecule has 0 saturated carbocycles. The molecule has 0 saturated heterocycles. The molecule has 5 nitrogen and oxygen atoms in total. The summed E-state index contributed by atoms with van der Waals surface area (Å²) < 4.78 is 5.05. The molecule has 0 aromatic heterocycles. The first-order chi connectivity index (χ1) is 10.6. The van der Waals surface area contributed by atoms with E-state index in [9.17, 15) is 9.59 Å². The van der Waals surface area contributed by atoms with Crippen molar-refractivity contribution in [1.82, 2.24) is 5.32 Å². The van der Waals surface area contributed by atoms with Crippen LogP contribution in [0, 0.1) is 0 Å². The number of hydrogen-bond acceptors (Lipinski definition) is 3. The van der Waals surface area contributed by atoms with Crippen LogP contribution in [-0.4, -0.2) is 18.9 Å². The fourth-order valence-electron chi connectivity index (χ4n) is 1.75. The van der Waals surface area contributed by atoms with Crippen LogP contribution < -0.4 is 15.4 Å². The number of rotatable bonds is 4. The molecule has 0 spiro atoms. The van der Waals surface area contributed by atoms with E-state index >= 15 is 0 Å². The summed E-state index contributed by atoms with van der Waals surface area (Å²) in [5.41, 5.74) is 1.26. The summed E-state index contributed by atoms with van der Waals surface area (Å²) in [6, 6.07) is 13.9. The molecule has 2 amide bonds. The fraction of sp³-hybridized carbons (Fsp3) is 0.125. The smallest absolute Gasteiger partial charge is 0.313 e. The Kier molecular flexibility index (Phi) is 5.38. The van der Waals surface area contributed by atoms with Gasteiger partial charge in [-0.25, -0.2) is 0 Å². The lowest BCUT2D eigenvalue weighted by atomic mass is 10.2. The highest BCUT2D eigenvalue weighted by Gasteiger charge is 2.14. The number of nitrogens with one attached hydrogen (secondary N) is 2. The molecule has 0 radical (unpaired) electrons. The van der Waals surface area contributed by atoms with Gasteiger partial charge in [-0.15, -0.1) is 0 Å². The summed E-state index contributed by atoms with van der Waals surface area (Å²) >= 11 is 5.92. The Morgan fingerprint density at radius 2 is 1.73 bits per heavy atom. The molecule has 0 aliphatic rings. The zero-order valence-electron chi connectivity index (χ0n) is 11.9. The molecule has 114 valence electrons. The maximum atomic E-state index is 11.8. The van der Waals surface area contributed by atoms with Crippen LogP contribution in [0.5, 0.6) is 5.75 Å². The average Bonchev–Trinajstić information content (AvgIpc) is 2.55. The lowest BCUT2D eigenvalue weighted by Gasteiger charge is -2.08. The number of methoxy groups -OCH3 is 1. The van der Waals surface area contributed by atoms with E-state index in [1.807, 2.05) is 12.1 Å². The maximum Gasteiger partial charge on any atom is 0.313 e. The first-order valence-corrected chi connectivity index (χ1v) is 6.94. The highest BCUT2D eigenvalue weighted by Crippen LogP contribution is 2.20. The summed E-state index contributed by atoms with van der Waals surface area (Å²) in [5, 5.41) is 5.38.